The van der Waals surface area contributed by atoms with Gasteiger partial charge in [0.05, 0.1) is 6.04 Å². The second-order valence-electron chi connectivity index (χ2n) is 5.95. The number of carbonyl (C=O) groups is 1. The van der Waals surface area contributed by atoms with Crippen LogP contribution in [-0.4, -0.2) is 36.2 Å². The molecule has 0 aromatic heterocycles. The van der Waals surface area contributed by atoms with E-state index in [4.69, 9.17) is 4.74 Å². The molecule has 5 heteroatoms. The van der Waals surface area contributed by atoms with Gasteiger partial charge >= 0.3 is 6.09 Å². The van der Waals surface area contributed by atoms with Crippen molar-refractivity contribution in [2.24, 2.45) is 0 Å². The molecule has 4 nitrogen and oxygen atoms in total. The first kappa shape index (κ1) is 15.3. The highest BCUT2D eigenvalue weighted by Gasteiger charge is 2.31. The molecule has 0 bridgehead atoms. The third-order valence-corrected chi connectivity index (χ3v) is 3.65. The quantitative estimate of drug-likeness (QED) is 0.852. The third kappa shape index (κ3) is 3.96. The molecule has 1 fully saturated rings. The molecule has 0 spiro atoms. The summed E-state index contributed by atoms with van der Waals surface area (Å²) in [5, 5.41) is 3.33. The fourth-order valence-electron chi connectivity index (χ4n) is 2.23. The van der Waals surface area contributed by atoms with E-state index in [-0.39, 0.29) is 12.1 Å². The molecule has 1 aromatic carbocycles. The van der Waals surface area contributed by atoms with Gasteiger partial charge in [0.2, 0.25) is 0 Å². The van der Waals surface area contributed by atoms with Crippen LogP contribution >= 0.6 is 15.9 Å². The van der Waals surface area contributed by atoms with Crippen LogP contribution in [0.4, 0.5) is 4.79 Å². The van der Waals surface area contributed by atoms with Crippen LogP contribution in [-0.2, 0) is 4.74 Å². The molecule has 1 saturated heterocycles. The minimum Gasteiger partial charge on any atom is -0.444 e. The van der Waals surface area contributed by atoms with Crippen LogP contribution in [0.15, 0.2) is 28.7 Å². The lowest BCUT2D eigenvalue weighted by Crippen LogP contribution is -2.50. The second-order valence-corrected chi connectivity index (χ2v) is 6.86. The van der Waals surface area contributed by atoms with E-state index in [9.17, 15) is 4.79 Å². The Morgan fingerprint density at radius 2 is 2.00 bits per heavy atom. The smallest absolute Gasteiger partial charge is 0.410 e. The van der Waals surface area contributed by atoms with Crippen molar-refractivity contribution in [2.45, 2.75) is 32.4 Å². The normalized spacial score (nSPS) is 19.8. The SMILES string of the molecule is CC(C)(C)OC(=O)N1CCNC[C@@H]1c1ccc(Br)cc1. The van der Waals surface area contributed by atoms with E-state index in [0.29, 0.717) is 6.54 Å². The number of halogens is 1. The molecule has 2 rings (SSSR count). The zero-order chi connectivity index (χ0) is 14.8. The number of hydrogen-bond acceptors (Lipinski definition) is 3. The summed E-state index contributed by atoms with van der Waals surface area (Å²) >= 11 is 3.43. The number of carbonyl (C=O) groups excluding carboxylic acids is 1. The van der Waals surface area contributed by atoms with Gasteiger partial charge in [-0.3, -0.25) is 4.90 Å². The molecule has 1 aliphatic rings. The Hall–Kier alpha value is -1.07. The van der Waals surface area contributed by atoms with E-state index in [1.165, 1.54) is 0 Å². The molecule has 20 heavy (non-hydrogen) atoms. The molecule has 1 atom stereocenters. The van der Waals surface area contributed by atoms with Gasteiger partial charge in [-0.1, -0.05) is 28.1 Å². The molecule has 1 heterocycles. The molecule has 1 N–H and O–H groups in total. The minimum atomic E-state index is -0.466. The lowest BCUT2D eigenvalue weighted by molar-refractivity contribution is 0.0118. The van der Waals surface area contributed by atoms with Crippen molar-refractivity contribution >= 4 is 22.0 Å². The van der Waals surface area contributed by atoms with Crippen LogP contribution in [0.3, 0.4) is 0 Å². The van der Waals surface area contributed by atoms with Gasteiger partial charge in [-0.25, -0.2) is 4.79 Å². The van der Waals surface area contributed by atoms with Gasteiger partial charge in [0.25, 0.3) is 0 Å². The maximum absolute atomic E-state index is 12.3. The minimum absolute atomic E-state index is 0.0201. The fourth-order valence-corrected chi connectivity index (χ4v) is 2.49. The summed E-state index contributed by atoms with van der Waals surface area (Å²) in [5.41, 5.74) is 0.651. The van der Waals surface area contributed by atoms with Crippen molar-refractivity contribution in [2.75, 3.05) is 19.6 Å². The van der Waals surface area contributed by atoms with Gasteiger partial charge in [-0.05, 0) is 38.5 Å². The van der Waals surface area contributed by atoms with Gasteiger partial charge in [-0.2, -0.15) is 0 Å². The Labute approximate surface area is 128 Å². The van der Waals surface area contributed by atoms with Gasteiger partial charge in [0.1, 0.15) is 5.60 Å². The summed E-state index contributed by atoms with van der Waals surface area (Å²) in [5.74, 6) is 0. The maximum Gasteiger partial charge on any atom is 0.410 e. The van der Waals surface area contributed by atoms with E-state index >= 15 is 0 Å². The van der Waals surface area contributed by atoms with Gasteiger partial charge in [0, 0.05) is 24.1 Å². The van der Waals surface area contributed by atoms with Crippen LogP contribution in [0.2, 0.25) is 0 Å². The summed E-state index contributed by atoms with van der Waals surface area (Å²) in [6.45, 7) is 7.88. The number of hydrogen-bond donors (Lipinski definition) is 1. The molecular weight excluding hydrogens is 320 g/mol. The van der Waals surface area contributed by atoms with Crippen molar-refractivity contribution in [3.63, 3.8) is 0 Å². The number of piperazine rings is 1. The number of amides is 1. The predicted molar refractivity (Wildman–Crippen MR) is 82.7 cm³/mol. The average Bonchev–Trinajstić information content (AvgIpc) is 2.38. The number of benzene rings is 1. The highest BCUT2D eigenvalue weighted by molar-refractivity contribution is 9.10. The van der Waals surface area contributed by atoms with Crippen LogP contribution < -0.4 is 5.32 Å². The van der Waals surface area contributed by atoms with Gasteiger partial charge in [0.15, 0.2) is 0 Å². The monoisotopic (exact) mass is 340 g/mol. The Balaban J connectivity index is 2.16. The Morgan fingerprint density at radius 1 is 1.35 bits per heavy atom. The molecule has 1 aliphatic heterocycles. The molecule has 0 aliphatic carbocycles. The zero-order valence-corrected chi connectivity index (χ0v) is 13.7. The first-order valence-corrected chi connectivity index (χ1v) is 7.62. The standard InChI is InChI=1S/C15H21BrN2O2/c1-15(2,3)20-14(19)18-9-8-17-10-13(18)11-4-6-12(16)7-5-11/h4-7,13,17H,8-10H2,1-3H3/t13-/m1/s1. The third-order valence-electron chi connectivity index (χ3n) is 3.13. The summed E-state index contributed by atoms with van der Waals surface area (Å²) in [4.78, 5) is 14.1. The maximum atomic E-state index is 12.3. The summed E-state index contributed by atoms with van der Waals surface area (Å²) in [7, 11) is 0. The lowest BCUT2D eigenvalue weighted by Gasteiger charge is -2.37. The molecule has 0 saturated carbocycles. The largest absolute Gasteiger partial charge is 0.444 e. The Morgan fingerprint density at radius 3 is 2.60 bits per heavy atom. The number of ether oxygens (including phenoxy) is 1. The zero-order valence-electron chi connectivity index (χ0n) is 12.1. The summed E-state index contributed by atoms with van der Waals surface area (Å²) < 4.78 is 6.54. The van der Waals surface area contributed by atoms with E-state index in [0.717, 1.165) is 23.1 Å². The predicted octanol–water partition coefficient (Wildman–Crippen LogP) is 3.33. The van der Waals surface area contributed by atoms with Gasteiger partial charge in [-0.15, -0.1) is 0 Å². The Bertz CT molecular complexity index is 468. The highest BCUT2D eigenvalue weighted by atomic mass is 79.9. The number of nitrogens with zero attached hydrogens (tertiary/aromatic N) is 1. The van der Waals surface area contributed by atoms with Crippen LogP contribution in [0.25, 0.3) is 0 Å². The van der Waals surface area contributed by atoms with Crippen molar-refractivity contribution in [3.05, 3.63) is 34.3 Å². The van der Waals surface area contributed by atoms with E-state index in [1.807, 2.05) is 49.9 Å². The van der Waals surface area contributed by atoms with E-state index in [2.05, 4.69) is 21.2 Å². The van der Waals surface area contributed by atoms with E-state index in [1.54, 1.807) is 0 Å². The average molecular weight is 341 g/mol. The highest BCUT2D eigenvalue weighted by Crippen LogP contribution is 2.25. The first-order chi connectivity index (χ1) is 9.37. The Kier molecular flexibility index (Phi) is 4.70. The molecule has 110 valence electrons. The van der Waals surface area contributed by atoms with Crippen LogP contribution in [0, 0.1) is 0 Å². The van der Waals surface area contributed by atoms with Crippen LogP contribution in [0.1, 0.15) is 32.4 Å². The van der Waals surface area contributed by atoms with Crippen molar-refractivity contribution in [1.82, 2.24) is 10.2 Å². The van der Waals surface area contributed by atoms with Crippen molar-refractivity contribution < 1.29 is 9.53 Å². The van der Waals surface area contributed by atoms with Crippen molar-refractivity contribution in [3.8, 4) is 0 Å². The molecule has 0 radical (unpaired) electrons. The number of rotatable bonds is 1. The topological polar surface area (TPSA) is 41.6 Å². The molecule has 1 aromatic rings. The number of nitrogens with one attached hydrogen (secondary N) is 1. The van der Waals surface area contributed by atoms with Gasteiger partial charge < -0.3 is 10.1 Å². The van der Waals surface area contributed by atoms with Crippen LogP contribution in [0.5, 0.6) is 0 Å². The van der Waals surface area contributed by atoms with Crippen molar-refractivity contribution in [1.29, 1.82) is 0 Å². The summed E-state index contributed by atoms with van der Waals surface area (Å²) in [6.07, 6.45) is -0.244. The molecule has 0 unspecified atom stereocenters. The first-order valence-electron chi connectivity index (χ1n) is 6.82. The lowest BCUT2D eigenvalue weighted by atomic mass is 10.0. The second kappa shape index (κ2) is 6.14. The fraction of sp³-hybridized carbons (Fsp3) is 0.533. The van der Waals surface area contributed by atoms with E-state index < -0.39 is 5.60 Å². The molecular formula is C15H21BrN2O2. The summed E-state index contributed by atoms with van der Waals surface area (Å²) in [6, 6.07) is 8.10. The molecule has 1 amide bonds.